The minimum atomic E-state index is -0.137. The first kappa shape index (κ1) is 15.3. The van der Waals surface area contributed by atoms with E-state index in [1.54, 1.807) is 24.5 Å². The van der Waals surface area contributed by atoms with Crippen LogP contribution in [0.2, 0.25) is 0 Å². The Hall–Kier alpha value is -2.60. The van der Waals surface area contributed by atoms with Crippen molar-refractivity contribution in [2.24, 2.45) is 0 Å². The lowest BCUT2D eigenvalue weighted by Gasteiger charge is -2.05. The second-order valence-corrected chi connectivity index (χ2v) is 5.98. The number of fused-ring (bicyclic) bond motifs is 1. The van der Waals surface area contributed by atoms with Crippen LogP contribution in [0.4, 0.5) is 0 Å². The minimum Gasteiger partial charge on any atom is -0.497 e. The molecule has 0 saturated carbocycles. The minimum absolute atomic E-state index is 0.137. The van der Waals surface area contributed by atoms with Gasteiger partial charge in [0, 0.05) is 23.8 Å². The number of aromatic nitrogens is 2. The van der Waals surface area contributed by atoms with Crippen LogP contribution in [0.25, 0.3) is 10.5 Å². The van der Waals surface area contributed by atoms with E-state index in [0.717, 1.165) is 27.5 Å². The van der Waals surface area contributed by atoms with E-state index < -0.39 is 0 Å². The molecule has 1 N–H and O–H groups in total. The Morgan fingerprint density at radius 3 is 3.13 bits per heavy atom. The Kier molecular flexibility index (Phi) is 4.43. The summed E-state index contributed by atoms with van der Waals surface area (Å²) in [5, 5.41) is 4.84. The summed E-state index contributed by atoms with van der Waals surface area (Å²) in [5.74, 6) is 0.635. The van der Waals surface area contributed by atoms with E-state index in [1.165, 1.54) is 0 Å². The number of hydrogen-bond acceptors (Lipinski definition) is 4. The third-order valence-corrected chi connectivity index (χ3v) is 4.23. The summed E-state index contributed by atoms with van der Waals surface area (Å²) in [6, 6.07) is 7.64. The molecule has 23 heavy (non-hydrogen) atoms. The van der Waals surface area contributed by atoms with Crippen LogP contribution >= 0.6 is 11.3 Å². The van der Waals surface area contributed by atoms with Gasteiger partial charge in [-0.05, 0) is 30.2 Å². The zero-order valence-electron chi connectivity index (χ0n) is 12.9. The number of nitrogens with zero attached hydrogens (tertiary/aromatic N) is 2. The Morgan fingerprint density at radius 2 is 2.35 bits per heavy atom. The molecular weight excluding hydrogens is 310 g/mol. The summed E-state index contributed by atoms with van der Waals surface area (Å²) >= 11 is 1.57. The molecule has 2 aromatic heterocycles. The molecule has 0 saturated heterocycles. The molecule has 6 heteroatoms. The lowest BCUT2D eigenvalue weighted by molar-refractivity contribution is -0.116. The molecule has 0 bridgehead atoms. The number of thiazole rings is 1. The largest absolute Gasteiger partial charge is 0.497 e. The third kappa shape index (κ3) is 3.60. The van der Waals surface area contributed by atoms with Crippen molar-refractivity contribution >= 4 is 27.8 Å². The average molecular weight is 327 g/mol. The maximum Gasteiger partial charge on any atom is 0.244 e. The predicted molar refractivity (Wildman–Crippen MR) is 91.6 cm³/mol. The summed E-state index contributed by atoms with van der Waals surface area (Å²) in [5.41, 5.74) is 2.69. The summed E-state index contributed by atoms with van der Waals surface area (Å²) < 4.78 is 7.15. The second-order valence-electron chi connectivity index (χ2n) is 5.10. The van der Waals surface area contributed by atoms with Crippen molar-refractivity contribution in [3.05, 3.63) is 59.4 Å². The first-order chi connectivity index (χ1) is 11.2. The molecule has 5 nitrogen and oxygen atoms in total. The maximum absolute atomic E-state index is 12.1. The fourth-order valence-corrected chi connectivity index (χ4v) is 2.96. The molecule has 0 radical (unpaired) electrons. The number of carbonyl (C=O) groups is 1. The summed E-state index contributed by atoms with van der Waals surface area (Å²) in [6.07, 6.45) is 5.46. The number of nitrogens with one attached hydrogen (secondary N) is 1. The van der Waals surface area contributed by atoms with Gasteiger partial charge < -0.3 is 10.1 Å². The van der Waals surface area contributed by atoms with E-state index in [4.69, 9.17) is 4.74 Å². The molecule has 1 amide bonds. The van der Waals surface area contributed by atoms with Gasteiger partial charge in [0.05, 0.1) is 19.3 Å². The van der Waals surface area contributed by atoms with Crippen molar-refractivity contribution in [1.82, 2.24) is 14.7 Å². The number of rotatable bonds is 5. The van der Waals surface area contributed by atoms with Crippen molar-refractivity contribution in [3.63, 3.8) is 0 Å². The molecule has 118 valence electrons. The van der Waals surface area contributed by atoms with Crippen molar-refractivity contribution in [2.75, 3.05) is 7.11 Å². The van der Waals surface area contributed by atoms with Crippen molar-refractivity contribution in [1.29, 1.82) is 0 Å². The molecular formula is C17H17N3O2S. The standard InChI is InChI=1S/C17H17N3O2S/c1-12(13-4-3-5-15(9-13)22-2)8-16(21)18-10-14-11-20-6-7-23-17(20)19-14/h3-9,11H,10H2,1-2H3,(H,18,21)/b12-8+. The van der Waals surface area contributed by atoms with Crippen LogP contribution in [0.3, 0.4) is 0 Å². The Labute approximate surface area is 138 Å². The molecule has 3 aromatic rings. The zero-order valence-corrected chi connectivity index (χ0v) is 13.8. The molecule has 0 unspecified atom stereocenters. The van der Waals surface area contributed by atoms with Crippen LogP contribution in [0.1, 0.15) is 18.2 Å². The van der Waals surface area contributed by atoms with Gasteiger partial charge in [-0.15, -0.1) is 11.3 Å². The van der Waals surface area contributed by atoms with E-state index in [1.807, 2.05) is 53.4 Å². The summed E-state index contributed by atoms with van der Waals surface area (Å²) in [4.78, 5) is 17.4. The van der Waals surface area contributed by atoms with Crippen LogP contribution in [-0.4, -0.2) is 22.4 Å². The predicted octanol–water partition coefficient (Wildman–Crippen LogP) is 3.12. The van der Waals surface area contributed by atoms with Crippen LogP contribution in [0.15, 0.2) is 48.1 Å². The molecule has 2 heterocycles. The number of methoxy groups -OCH3 is 1. The summed E-state index contributed by atoms with van der Waals surface area (Å²) in [6.45, 7) is 2.32. The average Bonchev–Trinajstić information content (AvgIpc) is 3.14. The van der Waals surface area contributed by atoms with Crippen molar-refractivity contribution in [2.45, 2.75) is 13.5 Å². The van der Waals surface area contributed by atoms with Crippen LogP contribution < -0.4 is 10.1 Å². The second kappa shape index (κ2) is 6.66. The molecule has 0 aliphatic rings. The molecule has 1 aromatic carbocycles. The van der Waals surface area contributed by atoms with E-state index in [0.29, 0.717) is 6.54 Å². The van der Waals surface area contributed by atoms with Crippen LogP contribution in [0, 0.1) is 0 Å². The number of carbonyl (C=O) groups excluding carboxylic acids is 1. The first-order valence-electron chi connectivity index (χ1n) is 7.17. The van der Waals surface area contributed by atoms with Gasteiger partial charge in [0.15, 0.2) is 4.96 Å². The van der Waals surface area contributed by atoms with Gasteiger partial charge in [-0.1, -0.05) is 12.1 Å². The van der Waals surface area contributed by atoms with E-state index in [-0.39, 0.29) is 5.91 Å². The molecule has 0 aliphatic carbocycles. The van der Waals surface area contributed by atoms with Gasteiger partial charge in [-0.2, -0.15) is 0 Å². The van der Waals surface area contributed by atoms with Gasteiger partial charge in [0.2, 0.25) is 5.91 Å². The fourth-order valence-electron chi connectivity index (χ4n) is 2.24. The third-order valence-electron chi connectivity index (χ3n) is 3.46. The number of imidazole rings is 1. The van der Waals surface area contributed by atoms with E-state index in [2.05, 4.69) is 10.3 Å². The van der Waals surface area contributed by atoms with E-state index >= 15 is 0 Å². The monoisotopic (exact) mass is 327 g/mol. The Morgan fingerprint density at radius 1 is 1.48 bits per heavy atom. The lowest BCUT2D eigenvalue weighted by atomic mass is 10.1. The number of benzene rings is 1. The number of amides is 1. The molecule has 3 rings (SSSR count). The Bertz CT molecular complexity index is 835. The zero-order chi connectivity index (χ0) is 16.2. The highest BCUT2D eigenvalue weighted by Crippen LogP contribution is 2.19. The molecule has 0 aliphatic heterocycles. The van der Waals surface area contributed by atoms with Gasteiger partial charge in [0.1, 0.15) is 5.75 Å². The van der Waals surface area contributed by atoms with Crippen molar-refractivity contribution < 1.29 is 9.53 Å². The maximum atomic E-state index is 12.1. The number of allylic oxidation sites excluding steroid dienone is 1. The fraction of sp³-hybridized carbons (Fsp3) is 0.176. The number of hydrogen-bond donors (Lipinski definition) is 1. The SMILES string of the molecule is COc1cccc(/C(C)=C/C(=O)NCc2cn3ccsc3n2)c1. The highest BCUT2D eigenvalue weighted by Gasteiger charge is 2.05. The lowest BCUT2D eigenvalue weighted by Crippen LogP contribution is -2.20. The van der Waals surface area contributed by atoms with Crippen molar-refractivity contribution in [3.8, 4) is 5.75 Å². The Balaban J connectivity index is 1.64. The van der Waals surface area contributed by atoms with Gasteiger partial charge in [0.25, 0.3) is 0 Å². The topological polar surface area (TPSA) is 55.6 Å². The first-order valence-corrected chi connectivity index (χ1v) is 8.05. The van der Waals surface area contributed by atoms with Gasteiger partial charge >= 0.3 is 0 Å². The van der Waals surface area contributed by atoms with Gasteiger partial charge in [-0.3, -0.25) is 9.20 Å². The highest BCUT2D eigenvalue weighted by molar-refractivity contribution is 7.15. The van der Waals surface area contributed by atoms with E-state index in [9.17, 15) is 4.79 Å². The quantitative estimate of drug-likeness (QED) is 0.733. The molecule has 0 atom stereocenters. The van der Waals surface area contributed by atoms with Crippen LogP contribution in [-0.2, 0) is 11.3 Å². The van der Waals surface area contributed by atoms with Gasteiger partial charge in [-0.25, -0.2) is 4.98 Å². The summed E-state index contributed by atoms with van der Waals surface area (Å²) in [7, 11) is 1.63. The normalized spacial score (nSPS) is 11.7. The number of ether oxygens (including phenoxy) is 1. The molecule has 0 fully saturated rings. The smallest absolute Gasteiger partial charge is 0.244 e. The highest BCUT2D eigenvalue weighted by atomic mass is 32.1. The molecule has 0 spiro atoms. The van der Waals surface area contributed by atoms with Crippen LogP contribution in [0.5, 0.6) is 5.75 Å².